The second-order valence-electron chi connectivity index (χ2n) is 7.61. The summed E-state index contributed by atoms with van der Waals surface area (Å²) in [6, 6.07) is 2.09. The van der Waals surface area contributed by atoms with Crippen molar-refractivity contribution in [3.63, 3.8) is 0 Å². The molecule has 1 aliphatic heterocycles. The molecule has 4 nitrogen and oxygen atoms in total. The maximum Gasteiger partial charge on any atom is 0.434 e. The smallest absolute Gasteiger partial charge is 0.340 e. The van der Waals surface area contributed by atoms with E-state index in [1.807, 2.05) is 0 Å². The van der Waals surface area contributed by atoms with Crippen LogP contribution in [0.3, 0.4) is 0 Å². The van der Waals surface area contributed by atoms with Gasteiger partial charge < -0.3 is 4.90 Å². The predicted molar refractivity (Wildman–Crippen MR) is 112 cm³/mol. The van der Waals surface area contributed by atoms with Crippen LogP contribution in [0.25, 0.3) is 0 Å². The first-order valence-electron chi connectivity index (χ1n) is 9.65. The predicted octanol–water partition coefficient (Wildman–Crippen LogP) is 7.15. The Morgan fingerprint density at radius 3 is 2.24 bits per heavy atom. The first kappa shape index (κ1) is 25.8. The molecule has 0 radical (unpaired) electrons. The van der Waals surface area contributed by atoms with Gasteiger partial charge >= 0.3 is 12.4 Å². The van der Waals surface area contributed by atoms with Crippen LogP contribution in [0, 0.1) is 0 Å². The van der Waals surface area contributed by atoms with Crippen LogP contribution in [0.5, 0.6) is 0 Å². The Bertz CT molecular complexity index is 1050. The summed E-state index contributed by atoms with van der Waals surface area (Å²) in [4.78, 5) is 20.3. The first-order valence-corrected chi connectivity index (χ1v) is 10.8. The molecule has 0 saturated carbocycles. The number of halogens is 9. The lowest BCUT2D eigenvalue weighted by atomic mass is 9.79. The molecule has 1 saturated heterocycles. The largest absolute Gasteiger partial charge is 0.434 e. The number of carbonyl (C=O) groups is 1. The number of benzene rings is 1. The summed E-state index contributed by atoms with van der Waals surface area (Å²) >= 11 is 17.7. The van der Waals surface area contributed by atoms with Gasteiger partial charge in [0.1, 0.15) is 5.41 Å². The van der Waals surface area contributed by atoms with Crippen molar-refractivity contribution >= 4 is 46.5 Å². The van der Waals surface area contributed by atoms with E-state index in [0.717, 1.165) is 17.0 Å². The molecule has 1 unspecified atom stereocenters. The van der Waals surface area contributed by atoms with Crippen LogP contribution in [-0.4, -0.2) is 35.0 Å². The Labute approximate surface area is 199 Å². The van der Waals surface area contributed by atoms with Crippen LogP contribution >= 0.6 is 34.8 Å². The van der Waals surface area contributed by atoms with E-state index in [9.17, 15) is 31.1 Å². The summed E-state index contributed by atoms with van der Waals surface area (Å²) in [6.07, 6.45) is -9.42. The minimum absolute atomic E-state index is 0.111. The number of Topliss-reactive ketones (excluding diaryl/α,β-unsaturated/α-hetero) is 1. The molecule has 0 spiro atoms. The van der Waals surface area contributed by atoms with E-state index in [-0.39, 0.29) is 33.6 Å². The molecular weight excluding hydrogens is 519 g/mol. The summed E-state index contributed by atoms with van der Waals surface area (Å²) in [7, 11) is 0. The van der Waals surface area contributed by atoms with E-state index in [0.29, 0.717) is 12.6 Å². The fourth-order valence-corrected chi connectivity index (χ4v) is 4.35. The zero-order chi connectivity index (χ0) is 24.8. The summed E-state index contributed by atoms with van der Waals surface area (Å²) in [5, 5.41) is -0.481. The van der Waals surface area contributed by atoms with Gasteiger partial charge in [-0.2, -0.15) is 26.3 Å². The quantitative estimate of drug-likeness (QED) is 0.232. The number of carbonyl (C=O) groups excluding carboxylic acids is 1. The van der Waals surface area contributed by atoms with Crippen LogP contribution in [0.1, 0.15) is 47.8 Å². The molecule has 33 heavy (non-hydrogen) atoms. The van der Waals surface area contributed by atoms with Crippen molar-refractivity contribution in [3.8, 4) is 0 Å². The van der Waals surface area contributed by atoms with Gasteiger partial charge in [-0.3, -0.25) is 4.79 Å². The Morgan fingerprint density at radius 1 is 1.12 bits per heavy atom. The molecule has 2 aromatic rings. The highest BCUT2D eigenvalue weighted by Gasteiger charge is 2.59. The topological polar surface area (TPSA) is 46.1 Å². The molecule has 0 amide bonds. The van der Waals surface area contributed by atoms with Crippen molar-refractivity contribution in [2.24, 2.45) is 0 Å². The molecule has 180 valence electrons. The number of ketones is 1. The van der Waals surface area contributed by atoms with Gasteiger partial charge in [0.05, 0.1) is 20.6 Å². The maximum atomic E-state index is 14.3. The lowest BCUT2D eigenvalue weighted by Crippen LogP contribution is -2.45. The second kappa shape index (κ2) is 9.11. The number of alkyl halides is 6. The van der Waals surface area contributed by atoms with Gasteiger partial charge in [0.15, 0.2) is 11.5 Å². The third-order valence-electron chi connectivity index (χ3n) is 5.45. The standard InChI is InChI=1S/C20H16Cl3F6N3O/c1-2-3-14(33)11-8-30-17(31-16(11)19(24,25)26)32-5-4-18(9-32,20(27,28)29)10-6-12(21)15(23)13(22)7-10/h6-8H,2-5,9H2,1H3. The molecule has 0 bridgehead atoms. The SMILES string of the molecule is CCCC(=O)c1cnc(N2CCC(c3cc(Cl)c(Cl)c(Cl)c3)(C(F)(F)F)C2)nc1C(F)(F)F. The Balaban J connectivity index is 2.05. The van der Waals surface area contributed by atoms with Gasteiger partial charge in [-0.05, 0) is 30.5 Å². The van der Waals surface area contributed by atoms with Gasteiger partial charge in [0.2, 0.25) is 5.95 Å². The molecule has 13 heteroatoms. The van der Waals surface area contributed by atoms with E-state index in [4.69, 9.17) is 34.8 Å². The fraction of sp³-hybridized carbons (Fsp3) is 0.450. The van der Waals surface area contributed by atoms with Gasteiger partial charge in [-0.15, -0.1) is 0 Å². The zero-order valence-corrected chi connectivity index (χ0v) is 19.2. The van der Waals surface area contributed by atoms with E-state index in [2.05, 4.69) is 9.97 Å². The third-order valence-corrected chi connectivity index (χ3v) is 6.65. The minimum atomic E-state index is -4.99. The first-order chi connectivity index (χ1) is 15.2. The van der Waals surface area contributed by atoms with Crippen molar-refractivity contribution in [2.75, 3.05) is 18.0 Å². The fourth-order valence-electron chi connectivity index (χ4n) is 3.75. The summed E-state index contributed by atoms with van der Waals surface area (Å²) in [5.41, 5.74) is -4.97. The highest BCUT2D eigenvalue weighted by atomic mass is 35.5. The molecule has 1 aromatic carbocycles. The van der Waals surface area contributed by atoms with Gasteiger partial charge in [0.25, 0.3) is 0 Å². The molecule has 0 aliphatic carbocycles. The molecule has 1 aliphatic rings. The molecule has 1 atom stereocenters. The van der Waals surface area contributed by atoms with E-state index < -0.39 is 53.7 Å². The minimum Gasteiger partial charge on any atom is -0.340 e. The lowest BCUT2D eigenvalue weighted by molar-refractivity contribution is -0.184. The summed E-state index contributed by atoms with van der Waals surface area (Å²) < 4.78 is 83.5. The average Bonchev–Trinajstić information content (AvgIpc) is 3.17. The monoisotopic (exact) mass is 533 g/mol. The Morgan fingerprint density at radius 2 is 1.73 bits per heavy atom. The zero-order valence-electron chi connectivity index (χ0n) is 16.9. The summed E-state index contributed by atoms with van der Waals surface area (Å²) in [6.45, 7) is 0.553. The molecule has 0 N–H and O–H groups in total. The van der Waals surface area contributed by atoms with Crippen molar-refractivity contribution in [1.82, 2.24) is 9.97 Å². The van der Waals surface area contributed by atoms with Crippen LogP contribution in [0.2, 0.25) is 15.1 Å². The van der Waals surface area contributed by atoms with Gasteiger partial charge in [0, 0.05) is 25.7 Å². The summed E-state index contributed by atoms with van der Waals surface area (Å²) in [5.74, 6) is -1.36. The average molecular weight is 535 g/mol. The molecule has 3 rings (SSSR count). The van der Waals surface area contributed by atoms with Crippen molar-refractivity contribution < 1.29 is 31.1 Å². The van der Waals surface area contributed by atoms with Crippen LogP contribution in [0.15, 0.2) is 18.3 Å². The number of rotatable bonds is 5. The third kappa shape index (κ3) is 4.88. The van der Waals surface area contributed by atoms with E-state index >= 15 is 0 Å². The number of aromatic nitrogens is 2. The molecule has 1 aromatic heterocycles. The van der Waals surface area contributed by atoms with E-state index in [1.165, 1.54) is 0 Å². The maximum absolute atomic E-state index is 14.3. The highest BCUT2D eigenvalue weighted by Crippen LogP contribution is 2.50. The highest BCUT2D eigenvalue weighted by molar-refractivity contribution is 6.48. The normalized spacial score (nSPS) is 19.3. The van der Waals surface area contributed by atoms with Crippen molar-refractivity contribution in [2.45, 2.75) is 44.0 Å². The van der Waals surface area contributed by atoms with Crippen molar-refractivity contribution in [3.05, 3.63) is 50.2 Å². The number of hydrogen-bond acceptors (Lipinski definition) is 4. The molecule has 1 fully saturated rings. The van der Waals surface area contributed by atoms with Gasteiger partial charge in [-0.25, -0.2) is 9.97 Å². The number of hydrogen-bond donors (Lipinski definition) is 0. The molecule has 2 heterocycles. The van der Waals surface area contributed by atoms with Crippen LogP contribution in [0.4, 0.5) is 32.3 Å². The number of nitrogens with zero attached hydrogens (tertiary/aromatic N) is 3. The van der Waals surface area contributed by atoms with Crippen molar-refractivity contribution in [1.29, 1.82) is 0 Å². The molecular formula is C20H16Cl3F6N3O. The lowest BCUT2D eigenvalue weighted by Gasteiger charge is -2.32. The van der Waals surface area contributed by atoms with Gasteiger partial charge in [-0.1, -0.05) is 41.7 Å². The number of anilines is 1. The van der Waals surface area contributed by atoms with Crippen LogP contribution < -0.4 is 4.90 Å². The Kier molecular flexibility index (Phi) is 7.13. The van der Waals surface area contributed by atoms with E-state index in [1.54, 1.807) is 6.92 Å². The second-order valence-corrected chi connectivity index (χ2v) is 8.80. The van der Waals surface area contributed by atoms with Crippen LogP contribution in [-0.2, 0) is 11.6 Å². The Hall–Kier alpha value is -1.78.